The van der Waals surface area contributed by atoms with Crippen molar-refractivity contribution in [2.45, 2.75) is 51.7 Å². The molecule has 3 amide bonds. The first-order valence-corrected chi connectivity index (χ1v) is 11.0. The van der Waals surface area contributed by atoms with Crippen LogP contribution < -0.4 is 10.6 Å². The molecule has 0 unspecified atom stereocenters. The zero-order valence-electron chi connectivity index (χ0n) is 19.1. The number of urea groups is 1. The lowest BCUT2D eigenvalue weighted by molar-refractivity contribution is 0.0203. The molecular formula is C23H29N7O3. The first kappa shape index (κ1) is 22.5. The second-order valence-electron chi connectivity index (χ2n) is 9.10. The van der Waals surface area contributed by atoms with Crippen molar-refractivity contribution >= 4 is 23.5 Å². The fraction of sp³-hybridized carbons (Fsp3) is 0.435. The largest absolute Gasteiger partial charge is 0.444 e. The maximum absolute atomic E-state index is 12.3. The highest BCUT2D eigenvalue weighted by atomic mass is 16.6. The summed E-state index contributed by atoms with van der Waals surface area (Å²) in [5.74, 6) is 0.918. The molecule has 0 radical (unpaired) electrons. The summed E-state index contributed by atoms with van der Waals surface area (Å²) in [6.45, 7) is 7.23. The summed E-state index contributed by atoms with van der Waals surface area (Å²) < 4.78 is 7.14. The van der Waals surface area contributed by atoms with Crippen LogP contribution in [0.1, 0.15) is 50.9 Å². The van der Waals surface area contributed by atoms with Gasteiger partial charge in [0.25, 0.3) is 0 Å². The van der Waals surface area contributed by atoms with Gasteiger partial charge in [-0.25, -0.2) is 19.1 Å². The van der Waals surface area contributed by atoms with E-state index in [1.165, 1.54) is 0 Å². The van der Waals surface area contributed by atoms with E-state index in [0.29, 0.717) is 31.0 Å². The molecule has 4 heterocycles. The Morgan fingerprint density at radius 1 is 1.12 bits per heavy atom. The third kappa shape index (κ3) is 5.97. The number of carbonyl (C=O) groups excluding carboxylic acids is 2. The minimum atomic E-state index is -0.501. The Labute approximate surface area is 192 Å². The molecule has 3 aromatic heterocycles. The standard InChI is InChI=1S/C23H29N7O3/c1-23(2,3)33-22(32)29-12-8-17(9-13-29)20-27-19-5-4-18(15-30(19)28-20)26-21(31)25-14-16-6-10-24-11-7-16/h4-7,10-11,15,17H,8-9,12-14H2,1-3H3,(H2,25,26,31). The highest BCUT2D eigenvalue weighted by Gasteiger charge is 2.29. The molecule has 3 aromatic rings. The molecule has 10 nitrogen and oxygen atoms in total. The number of fused-ring (bicyclic) bond motifs is 1. The highest BCUT2D eigenvalue weighted by molar-refractivity contribution is 5.89. The van der Waals surface area contributed by atoms with E-state index in [1.54, 1.807) is 34.1 Å². The zero-order chi connectivity index (χ0) is 23.4. The normalized spacial score (nSPS) is 14.8. The number of likely N-dealkylation sites (tertiary alicyclic amines) is 1. The summed E-state index contributed by atoms with van der Waals surface area (Å²) in [4.78, 5) is 34.8. The van der Waals surface area contributed by atoms with E-state index in [4.69, 9.17) is 4.74 Å². The Bertz CT molecular complexity index is 1120. The Hall–Kier alpha value is -3.69. The molecule has 0 bridgehead atoms. The third-order valence-corrected chi connectivity index (χ3v) is 5.32. The maximum Gasteiger partial charge on any atom is 0.410 e. The molecule has 10 heteroatoms. The maximum atomic E-state index is 12.3. The number of carbonyl (C=O) groups is 2. The number of hydrogen-bond acceptors (Lipinski definition) is 6. The van der Waals surface area contributed by atoms with Crippen LogP contribution in [0.4, 0.5) is 15.3 Å². The van der Waals surface area contributed by atoms with E-state index >= 15 is 0 Å². The Kier molecular flexibility index (Phi) is 6.43. The molecule has 2 N–H and O–H groups in total. The molecule has 33 heavy (non-hydrogen) atoms. The number of amides is 3. The van der Waals surface area contributed by atoms with Gasteiger partial charge in [0, 0.05) is 37.9 Å². The minimum absolute atomic E-state index is 0.170. The van der Waals surface area contributed by atoms with Crippen LogP contribution in [0, 0.1) is 0 Å². The molecule has 0 aliphatic carbocycles. The second-order valence-corrected chi connectivity index (χ2v) is 9.10. The molecule has 4 rings (SSSR count). The van der Waals surface area contributed by atoms with Gasteiger partial charge in [0.05, 0.1) is 11.9 Å². The van der Waals surface area contributed by atoms with Gasteiger partial charge < -0.3 is 20.3 Å². The number of piperidine rings is 1. The van der Waals surface area contributed by atoms with E-state index in [9.17, 15) is 9.59 Å². The zero-order valence-corrected chi connectivity index (χ0v) is 19.1. The van der Waals surface area contributed by atoms with E-state index in [-0.39, 0.29) is 18.0 Å². The van der Waals surface area contributed by atoms with Crippen LogP contribution >= 0.6 is 0 Å². The number of rotatable bonds is 4. The third-order valence-electron chi connectivity index (χ3n) is 5.32. The molecule has 0 saturated carbocycles. The van der Waals surface area contributed by atoms with Crippen LogP contribution in [-0.2, 0) is 11.3 Å². The van der Waals surface area contributed by atoms with Crippen molar-refractivity contribution in [3.8, 4) is 0 Å². The predicted molar refractivity (Wildman–Crippen MR) is 123 cm³/mol. The van der Waals surface area contributed by atoms with Gasteiger partial charge in [-0.1, -0.05) is 0 Å². The van der Waals surface area contributed by atoms with Crippen molar-refractivity contribution in [1.82, 2.24) is 29.8 Å². The predicted octanol–water partition coefficient (Wildman–Crippen LogP) is 3.56. The van der Waals surface area contributed by atoms with Crippen molar-refractivity contribution in [2.24, 2.45) is 0 Å². The SMILES string of the molecule is CC(C)(C)OC(=O)N1CCC(c2nc3ccc(NC(=O)NCc4ccncc4)cn3n2)CC1. The van der Waals surface area contributed by atoms with Gasteiger partial charge in [-0.3, -0.25) is 4.98 Å². The highest BCUT2D eigenvalue weighted by Crippen LogP contribution is 2.27. The monoisotopic (exact) mass is 451 g/mol. The molecule has 0 spiro atoms. The number of nitrogens with one attached hydrogen (secondary N) is 2. The van der Waals surface area contributed by atoms with Gasteiger partial charge in [-0.05, 0) is 63.4 Å². The smallest absolute Gasteiger partial charge is 0.410 e. The average molecular weight is 452 g/mol. The van der Waals surface area contributed by atoms with Crippen molar-refractivity contribution in [2.75, 3.05) is 18.4 Å². The number of nitrogens with zero attached hydrogens (tertiary/aromatic N) is 5. The summed E-state index contributed by atoms with van der Waals surface area (Å²) in [5.41, 5.74) is 1.79. The number of hydrogen-bond donors (Lipinski definition) is 2. The molecule has 1 fully saturated rings. The van der Waals surface area contributed by atoms with E-state index in [2.05, 4.69) is 25.7 Å². The molecule has 0 aromatic carbocycles. The molecule has 1 aliphatic heterocycles. The van der Waals surface area contributed by atoms with Crippen molar-refractivity contribution < 1.29 is 14.3 Å². The van der Waals surface area contributed by atoms with Crippen LogP contribution in [0.3, 0.4) is 0 Å². The number of ether oxygens (including phenoxy) is 1. The van der Waals surface area contributed by atoms with Crippen LogP contribution in [0.25, 0.3) is 5.65 Å². The topological polar surface area (TPSA) is 114 Å². The van der Waals surface area contributed by atoms with Crippen LogP contribution in [0.5, 0.6) is 0 Å². The first-order valence-electron chi connectivity index (χ1n) is 11.0. The minimum Gasteiger partial charge on any atom is -0.444 e. The lowest BCUT2D eigenvalue weighted by atomic mass is 9.96. The molecule has 0 atom stereocenters. The van der Waals surface area contributed by atoms with E-state index in [1.807, 2.05) is 39.0 Å². The molecular weight excluding hydrogens is 422 g/mol. The summed E-state index contributed by atoms with van der Waals surface area (Å²) in [6, 6.07) is 7.01. The van der Waals surface area contributed by atoms with Crippen molar-refractivity contribution in [1.29, 1.82) is 0 Å². The Balaban J connectivity index is 1.33. The van der Waals surface area contributed by atoms with Crippen LogP contribution in [0.15, 0.2) is 42.9 Å². The van der Waals surface area contributed by atoms with E-state index < -0.39 is 5.60 Å². The van der Waals surface area contributed by atoms with Crippen LogP contribution in [0.2, 0.25) is 0 Å². The summed E-state index contributed by atoms with van der Waals surface area (Å²) in [7, 11) is 0. The summed E-state index contributed by atoms with van der Waals surface area (Å²) in [5, 5.41) is 10.3. The number of aromatic nitrogens is 4. The summed E-state index contributed by atoms with van der Waals surface area (Å²) in [6.07, 6.45) is 6.39. The molecule has 174 valence electrons. The van der Waals surface area contributed by atoms with Gasteiger partial charge >= 0.3 is 12.1 Å². The number of pyridine rings is 2. The Morgan fingerprint density at radius 3 is 2.55 bits per heavy atom. The van der Waals surface area contributed by atoms with Crippen molar-refractivity contribution in [3.05, 3.63) is 54.2 Å². The number of anilines is 1. The Morgan fingerprint density at radius 2 is 1.85 bits per heavy atom. The van der Waals surface area contributed by atoms with Gasteiger partial charge in [-0.2, -0.15) is 5.10 Å². The van der Waals surface area contributed by atoms with Gasteiger partial charge in [0.2, 0.25) is 0 Å². The lowest BCUT2D eigenvalue weighted by Gasteiger charge is -2.32. The van der Waals surface area contributed by atoms with Crippen LogP contribution in [-0.4, -0.2) is 55.3 Å². The van der Waals surface area contributed by atoms with Gasteiger partial charge in [0.15, 0.2) is 11.5 Å². The van der Waals surface area contributed by atoms with Crippen molar-refractivity contribution in [3.63, 3.8) is 0 Å². The molecule has 1 aliphatic rings. The fourth-order valence-corrected chi connectivity index (χ4v) is 3.65. The summed E-state index contributed by atoms with van der Waals surface area (Å²) >= 11 is 0. The molecule has 1 saturated heterocycles. The quantitative estimate of drug-likeness (QED) is 0.627. The second kappa shape index (κ2) is 9.43. The lowest BCUT2D eigenvalue weighted by Crippen LogP contribution is -2.41. The van der Waals surface area contributed by atoms with Gasteiger partial charge in [0.1, 0.15) is 5.60 Å². The van der Waals surface area contributed by atoms with Gasteiger partial charge in [-0.15, -0.1) is 0 Å². The average Bonchev–Trinajstić information content (AvgIpc) is 3.21. The van der Waals surface area contributed by atoms with E-state index in [0.717, 1.165) is 24.2 Å². The first-order chi connectivity index (χ1) is 15.8. The fourth-order valence-electron chi connectivity index (χ4n) is 3.65.